The van der Waals surface area contributed by atoms with Crippen LogP contribution in [0.1, 0.15) is 39.0 Å². The van der Waals surface area contributed by atoms with Crippen LogP contribution in [-0.4, -0.2) is 49.6 Å². The predicted octanol–water partition coefficient (Wildman–Crippen LogP) is 2.37. The average molecular weight is 348 g/mol. The zero-order valence-corrected chi connectivity index (χ0v) is 15.1. The summed E-state index contributed by atoms with van der Waals surface area (Å²) in [6.07, 6.45) is 4.84. The van der Waals surface area contributed by atoms with Gasteiger partial charge >= 0.3 is 0 Å². The number of hydrogen-bond donors (Lipinski definition) is 1. The molecule has 0 radical (unpaired) electrons. The van der Waals surface area contributed by atoms with Gasteiger partial charge in [0.1, 0.15) is 18.1 Å². The van der Waals surface area contributed by atoms with Gasteiger partial charge in [0.2, 0.25) is 11.8 Å². The minimum atomic E-state index is -0.0491. The van der Waals surface area contributed by atoms with Crippen molar-refractivity contribution in [3.8, 4) is 11.5 Å². The molecule has 0 atom stereocenters. The first-order valence-electron chi connectivity index (χ1n) is 8.90. The summed E-state index contributed by atoms with van der Waals surface area (Å²) in [5.74, 6) is 1.47. The zero-order valence-electron chi connectivity index (χ0n) is 15.1. The van der Waals surface area contributed by atoms with Gasteiger partial charge in [-0.25, -0.2) is 0 Å². The minimum Gasteiger partial charge on any atom is -0.497 e. The molecule has 1 fully saturated rings. The van der Waals surface area contributed by atoms with Gasteiger partial charge < -0.3 is 19.7 Å². The molecule has 1 aromatic rings. The molecule has 1 aromatic carbocycles. The fraction of sp³-hybridized carbons (Fsp3) is 0.579. The number of methoxy groups -OCH3 is 1. The first kappa shape index (κ1) is 19.1. The third-order valence-electron chi connectivity index (χ3n) is 4.46. The van der Waals surface area contributed by atoms with Crippen LogP contribution in [0.3, 0.4) is 0 Å². The third kappa shape index (κ3) is 6.64. The Morgan fingerprint density at radius 2 is 1.76 bits per heavy atom. The summed E-state index contributed by atoms with van der Waals surface area (Å²) < 4.78 is 10.7. The van der Waals surface area contributed by atoms with Crippen molar-refractivity contribution in [2.45, 2.75) is 45.1 Å². The molecule has 1 aliphatic carbocycles. The van der Waals surface area contributed by atoms with Gasteiger partial charge in [-0.1, -0.05) is 12.8 Å². The van der Waals surface area contributed by atoms with Gasteiger partial charge in [0.15, 0.2) is 0 Å². The molecule has 0 saturated heterocycles. The van der Waals surface area contributed by atoms with Crippen molar-refractivity contribution in [2.75, 3.05) is 26.8 Å². The van der Waals surface area contributed by atoms with Gasteiger partial charge in [-0.2, -0.15) is 0 Å². The minimum absolute atomic E-state index is 0.0224. The largest absolute Gasteiger partial charge is 0.497 e. The number of rotatable bonds is 9. The molecular formula is C19H28N2O4. The van der Waals surface area contributed by atoms with Gasteiger partial charge in [-0.05, 0) is 37.1 Å². The van der Waals surface area contributed by atoms with E-state index < -0.39 is 0 Å². The van der Waals surface area contributed by atoms with Crippen LogP contribution in [0, 0.1) is 0 Å². The predicted molar refractivity (Wildman–Crippen MR) is 95.8 cm³/mol. The highest BCUT2D eigenvalue weighted by molar-refractivity contribution is 5.78. The molecule has 0 heterocycles. The van der Waals surface area contributed by atoms with Gasteiger partial charge in [0, 0.05) is 25.9 Å². The van der Waals surface area contributed by atoms with E-state index in [9.17, 15) is 9.59 Å². The van der Waals surface area contributed by atoms with Crippen LogP contribution in [0.15, 0.2) is 24.3 Å². The van der Waals surface area contributed by atoms with E-state index in [0.29, 0.717) is 32.2 Å². The highest BCUT2D eigenvalue weighted by atomic mass is 16.5. The van der Waals surface area contributed by atoms with Crippen molar-refractivity contribution in [2.24, 2.45) is 0 Å². The molecule has 6 nitrogen and oxygen atoms in total. The van der Waals surface area contributed by atoms with Crippen LogP contribution in [0.5, 0.6) is 11.5 Å². The normalized spacial score (nSPS) is 14.2. The summed E-state index contributed by atoms with van der Waals surface area (Å²) in [5, 5.41) is 3.05. The van der Waals surface area contributed by atoms with E-state index in [2.05, 4.69) is 5.32 Å². The number of hydrogen-bond acceptors (Lipinski definition) is 4. The molecule has 1 aliphatic rings. The molecule has 0 aliphatic heterocycles. The van der Waals surface area contributed by atoms with Crippen molar-refractivity contribution in [1.29, 1.82) is 0 Å². The standard InChI is InChI=1S/C19H28N2O4/c1-15(22)21(12-11-19(23)20-16-5-3-4-6-16)13-14-25-18-9-7-17(24-2)8-10-18/h7-10,16H,3-6,11-14H2,1-2H3,(H,20,23). The van der Waals surface area contributed by atoms with Crippen molar-refractivity contribution >= 4 is 11.8 Å². The molecule has 1 saturated carbocycles. The maximum atomic E-state index is 12.0. The number of ether oxygens (including phenoxy) is 2. The van der Waals surface area contributed by atoms with Gasteiger partial charge in [-0.3, -0.25) is 9.59 Å². The summed E-state index contributed by atoms with van der Waals surface area (Å²) in [7, 11) is 1.61. The van der Waals surface area contributed by atoms with Crippen LogP contribution >= 0.6 is 0 Å². The summed E-state index contributed by atoms with van der Waals surface area (Å²) in [5.41, 5.74) is 0. The van der Waals surface area contributed by atoms with E-state index >= 15 is 0 Å². The Labute approximate surface area is 149 Å². The second-order valence-corrected chi connectivity index (χ2v) is 6.33. The molecule has 25 heavy (non-hydrogen) atoms. The highest BCUT2D eigenvalue weighted by Crippen LogP contribution is 2.18. The fourth-order valence-corrected chi connectivity index (χ4v) is 2.98. The summed E-state index contributed by atoms with van der Waals surface area (Å²) in [4.78, 5) is 25.4. The van der Waals surface area contributed by atoms with Crippen LogP contribution < -0.4 is 14.8 Å². The average Bonchev–Trinajstić information content (AvgIpc) is 3.11. The van der Waals surface area contributed by atoms with Crippen molar-refractivity contribution in [3.63, 3.8) is 0 Å². The number of benzene rings is 1. The third-order valence-corrected chi connectivity index (χ3v) is 4.46. The van der Waals surface area contributed by atoms with Crippen LogP contribution in [0.4, 0.5) is 0 Å². The maximum absolute atomic E-state index is 12.0. The molecule has 0 bridgehead atoms. The van der Waals surface area contributed by atoms with E-state index in [4.69, 9.17) is 9.47 Å². The van der Waals surface area contributed by atoms with Gasteiger partial charge in [0.05, 0.1) is 13.7 Å². The first-order valence-corrected chi connectivity index (χ1v) is 8.90. The molecule has 1 N–H and O–H groups in total. The topological polar surface area (TPSA) is 67.9 Å². The molecule has 6 heteroatoms. The maximum Gasteiger partial charge on any atom is 0.221 e. The zero-order chi connectivity index (χ0) is 18.1. The lowest BCUT2D eigenvalue weighted by Crippen LogP contribution is -2.38. The van der Waals surface area contributed by atoms with Gasteiger partial charge in [-0.15, -0.1) is 0 Å². The Bertz CT molecular complexity index is 553. The second kappa shape index (κ2) is 9.91. The fourth-order valence-electron chi connectivity index (χ4n) is 2.98. The monoisotopic (exact) mass is 348 g/mol. The smallest absolute Gasteiger partial charge is 0.221 e. The lowest BCUT2D eigenvalue weighted by molar-refractivity contribution is -0.130. The number of nitrogens with one attached hydrogen (secondary N) is 1. The van der Waals surface area contributed by atoms with E-state index in [1.165, 1.54) is 19.8 Å². The molecule has 0 aromatic heterocycles. The SMILES string of the molecule is COc1ccc(OCCN(CCC(=O)NC2CCCC2)C(C)=O)cc1. The van der Waals surface area contributed by atoms with E-state index in [0.717, 1.165) is 24.3 Å². The summed E-state index contributed by atoms with van der Waals surface area (Å²) >= 11 is 0. The van der Waals surface area contributed by atoms with E-state index in [1.807, 2.05) is 24.3 Å². The Kier molecular flexibility index (Phi) is 7.57. The summed E-state index contributed by atoms with van der Waals surface area (Å²) in [6.45, 7) is 2.77. The highest BCUT2D eigenvalue weighted by Gasteiger charge is 2.18. The Balaban J connectivity index is 1.70. The van der Waals surface area contributed by atoms with Crippen molar-refractivity contribution in [3.05, 3.63) is 24.3 Å². The van der Waals surface area contributed by atoms with Crippen LogP contribution in [0.2, 0.25) is 0 Å². The quantitative estimate of drug-likeness (QED) is 0.744. The molecule has 0 spiro atoms. The van der Waals surface area contributed by atoms with Crippen LogP contribution in [-0.2, 0) is 9.59 Å². The van der Waals surface area contributed by atoms with Crippen LogP contribution in [0.25, 0.3) is 0 Å². The number of carbonyl (C=O) groups excluding carboxylic acids is 2. The molecule has 2 amide bonds. The number of amides is 2. The van der Waals surface area contributed by atoms with Crippen molar-refractivity contribution < 1.29 is 19.1 Å². The number of carbonyl (C=O) groups is 2. The molecule has 0 unspecified atom stereocenters. The van der Waals surface area contributed by atoms with E-state index in [1.54, 1.807) is 12.0 Å². The van der Waals surface area contributed by atoms with E-state index in [-0.39, 0.29) is 11.8 Å². The Hall–Kier alpha value is -2.24. The second-order valence-electron chi connectivity index (χ2n) is 6.33. The Morgan fingerprint density at radius 1 is 1.12 bits per heavy atom. The molecule has 138 valence electrons. The lowest BCUT2D eigenvalue weighted by Gasteiger charge is -2.21. The lowest BCUT2D eigenvalue weighted by atomic mass is 10.2. The van der Waals surface area contributed by atoms with Crippen molar-refractivity contribution in [1.82, 2.24) is 10.2 Å². The summed E-state index contributed by atoms with van der Waals surface area (Å²) in [6, 6.07) is 7.62. The number of nitrogens with zero attached hydrogens (tertiary/aromatic N) is 1. The first-order chi connectivity index (χ1) is 12.1. The Morgan fingerprint density at radius 3 is 2.36 bits per heavy atom. The van der Waals surface area contributed by atoms with Gasteiger partial charge in [0.25, 0.3) is 0 Å². The molecule has 2 rings (SSSR count). The molecular weight excluding hydrogens is 320 g/mol.